The fourth-order valence-electron chi connectivity index (χ4n) is 1.34. The molecule has 0 aromatic heterocycles. The summed E-state index contributed by atoms with van der Waals surface area (Å²) in [5.41, 5.74) is 8.39. The van der Waals surface area contributed by atoms with Crippen LogP contribution in [0.3, 0.4) is 0 Å². The minimum absolute atomic E-state index is 0.228. The molecule has 1 atom stereocenters. The third kappa shape index (κ3) is 8.17. The highest BCUT2D eigenvalue weighted by molar-refractivity contribution is 6.69. The lowest BCUT2D eigenvalue weighted by molar-refractivity contribution is -0.181. The Morgan fingerprint density at radius 3 is 2.06 bits per heavy atom. The molecule has 0 fully saturated rings. The van der Waals surface area contributed by atoms with E-state index in [4.69, 9.17) is 19.4 Å². The molecule has 0 aliphatic rings. The summed E-state index contributed by atoms with van der Waals surface area (Å²) in [6, 6.07) is 0. The van der Waals surface area contributed by atoms with Gasteiger partial charge in [-0.2, -0.15) is 0 Å². The van der Waals surface area contributed by atoms with Gasteiger partial charge in [0, 0.05) is 18.1 Å². The first-order chi connectivity index (χ1) is 7.94. The number of hydrogen-bond donors (Lipinski definition) is 0. The zero-order valence-corrected chi connectivity index (χ0v) is 12.3. The van der Waals surface area contributed by atoms with Crippen molar-refractivity contribution in [2.45, 2.75) is 45.9 Å². The van der Waals surface area contributed by atoms with Crippen LogP contribution < -0.4 is 0 Å². The minimum Gasteiger partial charge on any atom is -0.409 e. The van der Waals surface area contributed by atoms with Crippen molar-refractivity contribution in [1.29, 1.82) is 0 Å². The van der Waals surface area contributed by atoms with E-state index in [9.17, 15) is 0 Å². The summed E-state index contributed by atoms with van der Waals surface area (Å²) in [4.78, 5) is 2.76. The molecule has 0 aromatic carbocycles. The monoisotopic (exact) mass is 261 g/mol. The molecule has 0 spiro atoms. The highest BCUT2D eigenvalue weighted by Gasteiger charge is 2.28. The molecule has 0 bridgehead atoms. The Balaban J connectivity index is 4.64. The van der Waals surface area contributed by atoms with E-state index in [1.807, 2.05) is 13.8 Å². The quantitative estimate of drug-likeness (QED) is 0.210. The first-order valence-corrected chi connectivity index (χ1v) is 9.27. The highest BCUT2D eigenvalue weighted by Crippen LogP contribution is 2.14. The average molecular weight is 261 g/mol. The molecular weight excluding hydrogens is 238 g/mol. The SMILES string of the molecule is CCOC(OCC)[C@@H](CN=[N+]=[N-])O[Si](C)(C)C. The molecule has 0 saturated carbocycles. The Kier molecular flexibility index (Phi) is 8.19. The first-order valence-electron chi connectivity index (χ1n) is 5.86. The number of azide groups is 1. The van der Waals surface area contributed by atoms with E-state index < -0.39 is 14.6 Å². The Bertz CT molecular complexity index is 246. The van der Waals surface area contributed by atoms with E-state index in [0.717, 1.165) is 0 Å². The molecule has 0 amide bonds. The molecule has 6 nitrogen and oxygen atoms in total. The maximum absolute atomic E-state index is 8.39. The van der Waals surface area contributed by atoms with Crippen LogP contribution in [0, 0.1) is 0 Å². The third-order valence-corrected chi connectivity index (χ3v) is 2.81. The van der Waals surface area contributed by atoms with Gasteiger partial charge >= 0.3 is 0 Å². The van der Waals surface area contributed by atoms with Gasteiger partial charge in [0.05, 0.1) is 6.54 Å². The van der Waals surface area contributed by atoms with Gasteiger partial charge in [-0.25, -0.2) is 0 Å². The minimum atomic E-state index is -1.73. The van der Waals surface area contributed by atoms with Crippen LogP contribution in [0.5, 0.6) is 0 Å². The van der Waals surface area contributed by atoms with Gasteiger partial charge in [0.25, 0.3) is 0 Å². The van der Waals surface area contributed by atoms with E-state index in [-0.39, 0.29) is 12.6 Å². The van der Waals surface area contributed by atoms with Crippen LogP contribution in [0.1, 0.15) is 13.8 Å². The standard InChI is InChI=1S/C10H23N3O3Si/c1-6-14-10(15-7-2)9(8-12-13-11)16-17(3,4)5/h9-10H,6-8H2,1-5H3/t9-/m1/s1. The number of rotatable bonds is 9. The predicted molar refractivity (Wildman–Crippen MR) is 69.3 cm³/mol. The summed E-state index contributed by atoms with van der Waals surface area (Å²) >= 11 is 0. The van der Waals surface area contributed by atoms with Crippen molar-refractivity contribution < 1.29 is 13.9 Å². The van der Waals surface area contributed by atoms with Crippen molar-refractivity contribution in [3.8, 4) is 0 Å². The Morgan fingerprint density at radius 2 is 1.71 bits per heavy atom. The second-order valence-electron chi connectivity index (χ2n) is 4.46. The molecule has 0 rings (SSSR count). The summed E-state index contributed by atoms with van der Waals surface area (Å²) in [7, 11) is -1.73. The Morgan fingerprint density at radius 1 is 1.18 bits per heavy atom. The van der Waals surface area contributed by atoms with Gasteiger partial charge < -0.3 is 13.9 Å². The molecule has 0 radical (unpaired) electrons. The van der Waals surface area contributed by atoms with Gasteiger partial charge in [-0.05, 0) is 39.0 Å². The van der Waals surface area contributed by atoms with E-state index in [1.165, 1.54) is 0 Å². The second-order valence-corrected chi connectivity index (χ2v) is 8.92. The van der Waals surface area contributed by atoms with E-state index >= 15 is 0 Å². The summed E-state index contributed by atoms with van der Waals surface area (Å²) < 4.78 is 16.9. The Hall–Kier alpha value is -0.593. The van der Waals surface area contributed by atoms with Crippen molar-refractivity contribution in [2.24, 2.45) is 5.11 Å². The van der Waals surface area contributed by atoms with E-state index in [2.05, 4.69) is 29.7 Å². The molecule has 0 aliphatic heterocycles. The van der Waals surface area contributed by atoms with Crippen molar-refractivity contribution in [3.63, 3.8) is 0 Å². The fraction of sp³-hybridized carbons (Fsp3) is 1.00. The van der Waals surface area contributed by atoms with Crippen LogP contribution in [-0.2, 0) is 13.9 Å². The van der Waals surface area contributed by atoms with Gasteiger partial charge in [-0.1, -0.05) is 5.11 Å². The molecular formula is C10H23N3O3Si. The molecule has 7 heteroatoms. The van der Waals surface area contributed by atoms with Gasteiger partial charge in [0.15, 0.2) is 14.6 Å². The molecule has 100 valence electrons. The molecule has 17 heavy (non-hydrogen) atoms. The maximum atomic E-state index is 8.39. The largest absolute Gasteiger partial charge is 0.409 e. The Labute approximate surface area is 104 Å². The maximum Gasteiger partial charge on any atom is 0.184 e. The summed E-state index contributed by atoms with van der Waals surface area (Å²) in [6.45, 7) is 11.3. The smallest absolute Gasteiger partial charge is 0.184 e. The van der Waals surface area contributed by atoms with E-state index in [1.54, 1.807) is 0 Å². The molecule has 0 N–H and O–H groups in total. The number of nitrogens with zero attached hydrogens (tertiary/aromatic N) is 3. The van der Waals surface area contributed by atoms with Gasteiger partial charge in [-0.3, -0.25) is 0 Å². The molecule has 0 aromatic rings. The lowest BCUT2D eigenvalue weighted by Crippen LogP contribution is -2.43. The zero-order valence-electron chi connectivity index (χ0n) is 11.3. The molecule has 0 unspecified atom stereocenters. The topological polar surface area (TPSA) is 76.5 Å². The van der Waals surface area contributed by atoms with Crippen LogP contribution in [0.15, 0.2) is 5.11 Å². The molecule has 0 aliphatic carbocycles. The van der Waals surface area contributed by atoms with Crippen LogP contribution >= 0.6 is 0 Å². The average Bonchev–Trinajstić information content (AvgIpc) is 2.22. The van der Waals surface area contributed by atoms with Gasteiger partial charge in [0.1, 0.15) is 6.10 Å². The first kappa shape index (κ1) is 16.4. The van der Waals surface area contributed by atoms with Crippen molar-refractivity contribution >= 4 is 8.32 Å². The third-order valence-electron chi connectivity index (χ3n) is 1.80. The molecule has 0 saturated heterocycles. The van der Waals surface area contributed by atoms with Crippen LogP contribution in [0.4, 0.5) is 0 Å². The van der Waals surface area contributed by atoms with Gasteiger partial charge in [-0.15, -0.1) is 0 Å². The lowest BCUT2D eigenvalue weighted by Gasteiger charge is -2.31. The van der Waals surface area contributed by atoms with Crippen molar-refractivity contribution in [1.82, 2.24) is 0 Å². The van der Waals surface area contributed by atoms with E-state index in [0.29, 0.717) is 13.2 Å². The fourth-order valence-corrected chi connectivity index (χ4v) is 2.44. The summed E-state index contributed by atoms with van der Waals surface area (Å²) in [6.07, 6.45) is -0.806. The molecule has 0 heterocycles. The normalized spacial score (nSPS) is 13.5. The van der Waals surface area contributed by atoms with Crippen molar-refractivity contribution in [2.75, 3.05) is 19.8 Å². The summed E-state index contributed by atoms with van der Waals surface area (Å²) in [5.74, 6) is 0. The van der Waals surface area contributed by atoms with Crippen LogP contribution in [0.2, 0.25) is 19.6 Å². The van der Waals surface area contributed by atoms with Crippen molar-refractivity contribution in [3.05, 3.63) is 10.4 Å². The van der Waals surface area contributed by atoms with Crippen LogP contribution in [-0.4, -0.2) is 40.5 Å². The highest BCUT2D eigenvalue weighted by atomic mass is 28.4. The number of ether oxygens (including phenoxy) is 2. The lowest BCUT2D eigenvalue weighted by atomic mass is 10.3. The van der Waals surface area contributed by atoms with Crippen LogP contribution in [0.25, 0.3) is 10.4 Å². The second kappa shape index (κ2) is 8.49. The summed E-state index contributed by atoms with van der Waals surface area (Å²) in [5, 5.41) is 3.56. The predicted octanol–water partition coefficient (Wildman–Crippen LogP) is 2.92. The zero-order chi connectivity index (χ0) is 13.3. The van der Waals surface area contributed by atoms with Gasteiger partial charge in [0.2, 0.25) is 0 Å². The number of hydrogen-bond acceptors (Lipinski definition) is 4.